The summed E-state index contributed by atoms with van der Waals surface area (Å²) >= 11 is 0. The van der Waals surface area contributed by atoms with E-state index in [2.05, 4.69) is 30.8 Å². The molecule has 7 nitrogen and oxygen atoms in total. The lowest BCUT2D eigenvalue weighted by atomic mass is 10.2. The minimum atomic E-state index is -0.574. The molecule has 2 heterocycles. The molecule has 0 spiro atoms. The minimum absolute atomic E-state index is 0.0446. The number of aromatic amines is 1. The van der Waals surface area contributed by atoms with E-state index in [1.165, 1.54) is 6.07 Å². The van der Waals surface area contributed by atoms with Gasteiger partial charge in [0.2, 0.25) is 5.95 Å². The van der Waals surface area contributed by atoms with Gasteiger partial charge in [0.25, 0.3) is 0 Å². The van der Waals surface area contributed by atoms with Crippen molar-refractivity contribution in [1.29, 1.82) is 0 Å². The van der Waals surface area contributed by atoms with Crippen molar-refractivity contribution in [2.24, 2.45) is 0 Å². The highest BCUT2D eigenvalue weighted by molar-refractivity contribution is 5.85. The second-order valence-corrected chi connectivity index (χ2v) is 5.77. The fraction of sp³-hybridized carbons (Fsp3) is 0.0556. The van der Waals surface area contributed by atoms with Crippen molar-refractivity contribution in [1.82, 2.24) is 20.2 Å². The third-order valence-corrected chi connectivity index (χ3v) is 3.85. The molecule has 0 radical (unpaired) electrons. The van der Waals surface area contributed by atoms with Gasteiger partial charge in [0.1, 0.15) is 5.75 Å². The maximum atomic E-state index is 14.1. The van der Waals surface area contributed by atoms with Gasteiger partial charge in [-0.25, -0.2) is 9.37 Å². The summed E-state index contributed by atoms with van der Waals surface area (Å²) in [6, 6.07) is 12.0. The first-order valence-electron chi connectivity index (χ1n) is 7.89. The third kappa shape index (κ3) is 3.12. The summed E-state index contributed by atoms with van der Waals surface area (Å²) in [5, 5.41) is 23.4. The van der Waals surface area contributed by atoms with Crippen molar-refractivity contribution < 1.29 is 9.50 Å². The number of halogens is 1. The fourth-order valence-corrected chi connectivity index (χ4v) is 2.58. The highest BCUT2D eigenvalue weighted by Crippen LogP contribution is 2.25. The van der Waals surface area contributed by atoms with Gasteiger partial charge >= 0.3 is 0 Å². The number of aryl methyl sites for hydroxylation is 1. The maximum Gasteiger partial charge on any atom is 0.229 e. The number of anilines is 4. The summed E-state index contributed by atoms with van der Waals surface area (Å²) in [6.07, 6.45) is 1.09. The molecule has 0 atom stereocenters. The van der Waals surface area contributed by atoms with Gasteiger partial charge in [-0.2, -0.15) is 10.1 Å². The smallest absolute Gasteiger partial charge is 0.229 e. The molecule has 0 aliphatic heterocycles. The van der Waals surface area contributed by atoms with Crippen LogP contribution in [0.15, 0.2) is 48.7 Å². The standard InChI is InChI=1S/C18H15FN6O/c1-10-14-8-12(5-6-16(14)25-24-10)21-17-15(19)9-20-18(23-17)22-11-3-2-4-13(26)7-11/h2-9,26H,1H3,(H,24,25)(H2,20,21,22,23). The lowest BCUT2D eigenvalue weighted by molar-refractivity contribution is 0.475. The van der Waals surface area contributed by atoms with Gasteiger partial charge in [0, 0.05) is 28.5 Å². The molecule has 8 heteroatoms. The number of rotatable bonds is 4. The Kier molecular flexibility index (Phi) is 3.85. The normalized spacial score (nSPS) is 10.8. The van der Waals surface area contributed by atoms with E-state index in [0.717, 1.165) is 22.8 Å². The molecular formula is C18H15FN6O. The highest BCUT2D eigenvalue weighted by Gasteiger charge is 2.09. The van der Waals surface area contributed by atoms with E-state index >= 15 is 0 Å². The van der Waals surface area contributed by atoms with Crippen molar-refractivity contribution in [3.8, 4) is 5.75 Å². The number of phenolic OH excluding ortho intramolecular Hbond substituents is 1. The van der Waals surface area contributed by atoms with Crippen LogP contribution < -0.4 is 10.6 Å². The number of hydrogen-bond acceptors (Lipinski definition) is 6. The molecule has 26 heavy (non-hydrogen) atoms. The number of phenols is 1. The largest absolute Gasteiger partial charge is 0.508 e. The number of hydrogen-bond donors (Lipinski definition) is 4. The molecule has 0 fully saturated rings. The van der Waals surface area contributed by atoms with Crippen molar-refractivity contribution in [2.45, 2.75) is 6.92 Å². The molecule has 2 aromatic heterocycles. The van der Waals surface area contributed by atoms with E-state index in [0.29, 0.717) is 11.4 Å². The summed E-state index contributed by atoms with van der Waals surface area (Å²) in [5.41, 5.74) is 3.04. The van der Waals surface area contributed by atoms with Gasteiger partial charge < -0.3 is 15.7 Å². The van der Waals surface area contributed by atoms with E-state index in [9.17, 15) is 9.50 Å². The molecule has 4 rings (SSSR count). The minimum Gasteiger partial charge on any atom is -0.508 e. The van der Waals surface area contributed by atoms with Crippen LogP contribution in [0.3, 0.4) is 0 Å². The van der Waals surface area contributed by atoms with Gasteiger partial charge in [0.05, 0.1) is 11.7 Å². The van der Waals surface area contributed by atoms with E-state index in [4.69, 9.17) is 0 Å². The summed E-state index contributed by atoms with van der Waals surface area (Å²) in [7, 11) is 0. The average molecular weight is 350 g/mol. The Hall–Kier alpha value is -3.68. The first kappa shape index (κ1) is 15.8. The van der Waals surface area contributed by atoms with Crippen LogP contribution in [0, 0.1) is 12.7 Å². The zero-order valence-corrected chi connectivity index (χ0v) is 13.8. The molecule has 0 saturated heterocycles. The molecule has 4 aromatic rings. The number of aromatic nitrogens is 4. The summed E-state index contributed by atoms with van der Waals surface area (Å²) in [5.74, 6) is -0.210. The number of nitrogens with zero attached hydrogens (tertiary/aromatic N) is 3. The molecule has 4 N–H and O–H groups in total. The molecule has 0 saturated carbocycles. The number of fused-ring (bicyclic) bond motifs is 1. The molecule has 0 bridgehead atoms. The Balaban J connectivity index is 1.62. The van der Waals surface area contributed by atoms with Crippen LogP contribution in [0.4, 0.5) is 27.5 Å². The summed E-state index contributed by atoms with van der Waals surface area (Å²) in [4.78, 5) is 8.10. The predicted molar refractivity (Wildman–Crippen MR) is 97.5 cm³/mol. The van der Waals surface area contributed by atoms with Crippen LogP contribution in [-0.4, -0.2) is 25.3 Å². The SMILES string of the molecule is Cc1[nH]nc2ccc(Nc3nc(Nc4cccc(O)c4)ncc3F)cc12. The number of benzene rings is 2. The zero-order chi connectivity index (χ0) is 18.1. The highest BCUT2D eigenvalue weighted by atomic mass is 19.1. The topological polar surface area (TPSA) is 98.8 Å². The molecule has 0 aliphatic rings. The first-order valence-corrected chi connectivity index (χ1v) is 7.89. The summed E-state index contributed by atoms with van der Waals surface area (Å²) < 4.78 is 14.1. The van der Waals surface area contributed by atoms with E-state index < -0.39 is 5.82 Å². The van der Waals surface area contributed by atoms with Gasteiger partial charge in [-0.3, -0.25) is 5.10 Å². The lowest BCUT2D eigenvalue weighted by Gasteiger charge is -2.10. The van der Waals surface area contributed by atoms with Crippen molar-refractivity contribution in [2.75, 3.05) is 10.6 Å². The van der Waals surface area contributed by atoms with Crippen molar-refractivity contribution >= 4 is 34.0 Å². The number of aromatic hydroxyl groups is 1. The van der Waals surface area contributed by atoms with Crippen molar-refractivity contribution in [3.05, 3.63) is 60.2 Å². The Morgan fingerprint density at radius 2 is 1.92 bits per heavy atom. The second-order valence-electron chi connectivity index (χ2n) is 5.77. The molecule has 0 aliphatic carbocycles. The van der Waals surface area contributed by atoms with Gasteiger partial charge in [-0.05, 0) is 37.3 Å². The van der Waals surface area contributed by atoms with E-state index in [-0.39, 0.29) is 17.5 Å². The van der Waals surface area contributed by atoms with Crippen LogP contribution in [0.25, 0.3) is 10.9 Å². The summed E-state index contributed by atoms with van der Waals surface area (Å²) in [6.45, 7) is 1.92. The first-order chi connectivity index (χ1) is 12.6. The monoisotopic (exact) mass is 350 g/mol. The van der Waals surface area contributed by atoms with E-state index in [1.807, 2.05) is 19.1 Å². The van der Waals surface area contributed by atoms with Crippen molar-refractivity contribution in [3.63, 3.8) is 0 Å². The zero-order valence-electron chi connectivity index (χ0n) is 13.8. The Bertz CT molecular complexity index is 1090. The molecule has 0 amide bonds. The molecule has 130 valence electrons. The van der Waals surface area contributed by atoms with Crippen LogP contribution in [-0.2, 0) is 0 Å². The maximum absolute atomic E-state index is 14.1. The molecule has 2 aromatic carbocycles. The van der Waals surface area contributed by atoms with Gasteiger partial charge in [-0.15, -0.1) is 0 Å². The van der Waals surface area contributed by atoms with Crippen LogP contribution in [0.1, 0.15) is 5.69 Å². The second kappa shape index (κ2) is 6.32. The molecule has 0 unspecified atom stereocenters. The van der Waals surface area contributed by atoms with Gasteiger partial charge in [-0.1, -0.05) is 6.07 Å². The van der Waals surface area contributed by atoms with Crippen LogP contribution in [0.5, 0.6) is 5.75 Å². The van der Waals surface area contributed by atoms with Crippen LogP contribution >= 0.6 is 0 Å². The Morgan fingerprint density at radius 3 is 2.77 bits per heavy atom. The van der Waals surface area contributed by atoms with Gasteiger partial charge in [0.15, 0.2) is 11.6 Å². The predicted octanol–water partition coefficient (Wildman–Crippen LogP) is 3.99. The molecular weight excluding hydrogens is 335 g/mol. The average Bonchev–Trinajstić information content (AvgIpc) is 2.99. The third-order valence-electron chi connectivity index (χ3n) is 3.85. The Labute approximate surface area is 147 Å². The Morgan fingerprint density at radius 1 is 1.08 bits per heavy atom. The fourth-order valence-electron chi connectivity index (χ4n) is 2.58. The number of nitrogens with one attached hydrogen (secondary N) is 3. The lowest BCUT2D eigenvalue weighted by Crippen LogP contribution is -2.03. The van der Waals surface area contributed by atoms with Crippen LogP contribution in [0.2, 0.25) is 0 Å². The van der Waals surface area contributed by atoms with E-state index in [1.54, 1.807) is 24.3 Å². The number of H-pyrrole nitrogens is 1. The quantitative estimate of drug-likeness (QED) is 0.444.